The Morgan fingerprint density at radius 2 is 0.803 bits per heavy atom. The van der Waals surface area contributed by atoms with Gasteiger partial charge in [0, 0.05) is 55.1 Å². The van der Waals surface area contributed by atoms with E-state index in [-0.39, 0.29) is 5.41 Å². The highest BCUT2D eigenvalue weighted by Gasteiger charge is 2.39. The van der Waals surface area contributed by atoms with Crippen molar-refractivity contribution in [2.75, 3.05) is 4.90 Å². The van der Waals surface area contributed by atoms with Crippen molar-refractivity contribution in [2.45, 2.75) is 19.3 Å². The summed E-state index contributed by atoms with van der Waals surface area (Å²) in [7, 11) is 0. The van der Waals surface area contributed by atoms with Crippen molar-refractivity contribution in [1.82, 2.24) is 0 Å². The average molecular weight is 846 g/mol. The van der Waals surface area contributed by atoms with Crippen molar-refractivity contribution in [3.05, 3.63) is 236 Å². The van der Waals surface area contributed by atoms with Crippen LogP contribution >= 0.6 is 0 Å². The van der Waals surface area contributed by atoms with E-state index in [1.165, 1.54) is 44.5 Å². The third-order valence-corrected chi connectivity index (χ3v) is 13.8. The van der Waals surface area contributed by atoms with Gasteiger partial charge >= 0.3 is 0 Å². The Bertz CT molecular complexity index is 3840. The first-order valence-corrected chi connectivity index (χ1v) is 22.7. The molecule has 312 valence electrons. The Balaban J connectivity index is 1.03. The van der Waals surface area contributed by atoms with Crippen LogP contribution in [0.1, 0.15) is 25.0 Å². The van der Waals surface area contributed by atoms with Crippen molar-refractivity contribution in [2.24, 2.45) is 0 Å². The molecule has 13 rings (SSSR count). The summed E-state index contributed by atoms with van der Waals surface area (Å²) in [5.74, 6) is 0. The number of anilines is 3. The maximum Gasteiger partial charge on any atom is 0.143 e. The van der Waals surface area contributed by atoms with Gasteiger partial charge < -0.3 is 13.7 Å². The van der Waals surface area contributed by atoms with Gasteiger partial charge in [0.2, 0.25) is 0 Å². The molecule has 0 radical (unpaired) electrons. The van der Waals surface area contributed by atoms with Gasteiger partial charge in [-0.05, 0) is 116 Å². The number of fused-ring (bicyclic) bond motifs is 9. The summed E-state index contributed by atoms with van der Waals surface area (Å²) in [6, 6.07) is 80.8. The molecule has 2 aromatic heterocycles. The van der Waals surface area contributed by atoms with Crippen molar-refractivity contribution < 1.29 is 8.83 Å². The van der Waals surface area contributed by atoms with Gasteiger partial charge in [-0.3, -0.25) is 0 Å². The fourth-order valence-electron chi connectivity index (χ4n) is 10.7. The van der Waals surface area contributed by atoms with Crippen LogP contribution in [0, 0.1) is 0 Å². The maximum atomic E-state index is 6.80. The molecule has 0 unspecified atom stereocenters. The van der Waals surface area contributed by atoms with E-state index in [1.807, 2.05) is 12.1 Å². The lowest BCUT2D eigenvalue weighted by atomic mass is 9.77. The maximum absolute atomic E-state index is 6.80. The summed E-state index contributed by atoms with van der Waals surface area (Å²) in [5, 5.41) is 4.47. The quantitative estimate of drug-likeness (QED) is 0.160. The lowest BCUT2D eigenvalue weighted by Crippen LogP contribution is -2.17. The van der Waals surface area contributed by atoms with Crippen LogP contribution in [0.3, 0.4) is 0 Å². The Kier molecular flexibility index (Phi) is 8.56. The molecular weight excluding hydrogens is 803 g/mol. The fourth-order valence-corrected chi connectivity index (χ4v) is 10.7. The summed E-state index contributed by atoms with van der Waals surface area (Å²) in [6.45, 7) is 4.77. The molecule has 0 bridgehead atoms. The highest BCUT2D eigenvalue weighted by molar-refractivity contribution is 6.12. The van der Waals surface area contributed by atoms with Crippen LogP contribution < -0.4 is 4.90 Å². The second kappa shape index (κ2) is 14.8. The zero-order valence-corrected chi connectivity index (χ0v) is 36.6. The average Bonchev–Trinajstić information content (AvgIpc) is 4.02. The lowest BCUT2D eigenvalue weighted by molar-refractivity contribution is 0.659. The number of furan rings is 2. The van der Waals surface area contributed by atoms with Gasteiger partial charge in [0.1, 0.15) is 22.3 Å². The topological polar surface area (TPSA) is 29.5 Å². The molecule has 0 fully saturated rings. The van der Waals surface area contributed by atoms with E-state index in [2.05, 4.69) is 231 Å². The van der Waals surface area contributed by atoms with Crippen LogP contribution in [0.4, 0.5) is 17.1 Å². The molecule has 3 nitrogen and oxygen atoms in total. The summed E-state index contributed by atoms with van der Waals surface area (Å²) in [5.41, 5.74) is 20.6. The van der Waals surface area contributed by atoms with Gasteiger partial charge in [0.25, 0.3) is 0 Å². The summed E-state index contributed by atoms with van der Waals surface area (Å²) in [6.07, 6.45) is 0. The van der Waals surface area contributed by atoms with Crippen molar-refractivity contribution in [3.63, 3.8) is 0 Å². The number of rotatable bonds is 7. The second-order valence-corrected chi connectivity index (χ2v) is 18.0. The van der Waals surface area contributed by atoms with Crippen molar-refractivity contribution >= 4 is 60.9 Å². The number of benzene rings is 10. The Morgan fingerprint density at radius 1 is 0.318 bits per heavy atom. The molecule has 0 saturated carbocycles. The number of para-hydroxylation sites is 4. The smallest absolute Gasteiger partial charge is 0.143 e. The van der Waals surface area contributed by atoms with Crippen molar-refractivity contribution in [3.8, 4) is 55.6 Å². The Hall–Kier alpha value is -8.40. The first-order chi connectivity index (χ1) is 32.5. The summed E-state index contributed by atoms with van der Waals surface area (Å²) in [4.78, 5) is 2.41. The largest absolute Gasteiger partial charge is 0.455 e. The third kappa shape index (κ3) is 5.97. The fraction of sp³-hybridized carbons (Fsp3) is 0.0476. The van der Waals surface area contributed by atoms with Gasteiger partial charge in [-0.2, -0.15) is 0 Å². The van der Waals surface area contributed by atoms with E-state index in [0.717, 1.165) is 83.2 Å². The van der Waals surface area contributed by atoms with Gasteiger partial charge in [0.15, 0.2) is 0 Å². The molecule has 0 amide bonds. The third-order valence-electron chi connectivity index (χ3n) is 13.8. The zero-order valence-electron chi connectivity index (χ0n) is 36.6. The predicted molar refractivity (Wildman–Crippen MR) is 275 cm³/mol. The lowest BCUT2D eigenvalue weighted by Gasteiger charge is -2.29. The molecule has 0 N–H and O–H groups in total. The molecule has 0 aliphatic heterocycles. The van der Waals surface area contributed by atoms with Crippen LogP contribution in [-0.4, -0.2) is 0 Å². The molecule has 1 aliphatic rings. The zero-order chi connectivity index (χ0) is 43.9. The normalized spacial score (nSPS) is 12.8. The molecule has 10 aromatic carbocycles. The van der Waals surface area contributed by atoms with Crippen LogP contribution in [0.15, 0.2) is 233 Å². The number of hydrogen-bond acceptors (Lipinski definition) is 3. The highest BCUT2D eigenvalue weighted by atomic mass is 16.3. The van der Waals surface area contributed by atoms with Gasteiger partial charge in [0.05, 0.1) is 0 Å². The molecule has 66 heavy (non-hydrogen) atoms. The molecule has 0 spiro atoms. The molecule has 0 saturated heterocycles. The number of hydrogen-bond donors (Lipinski definition) is 0. The Morgan fingerprint density at radius 3 is 1.47 bits per heavy atom. The van der Waals surface area contributed by atoms with E-state index in [4.69, 9.17) is 8.83 Å². The van der Waals surface area contributed by atoms with Gasteiger partial charge in [-0.25, -0.2) is 0 Å². The first kappa shape index (κ1) is 38.1. The standard InChI is InChI=1S/C63H43NO2/c1-63(2)57-39-47(64(45-32-30-42(31-33-45)40-16-5-3-6-17-40)46-21-13-20-43(36-46)41-18-7-4-8-19-41)34-35-49(57)55-37-44(48-24-14-25-52-50-22-9-11-28-58(50)65-61(48)52)38-56(60(55)63)54-27-15-26-53-51-23-10-12-29-59(51)66-62(53)54/h3-39H,1-2H3. The van der Waals surface area contributed by atoms with Crippen LogP contribution in [0.5, 0.6) is 0 Å². The Labute approximate surface area is 383 Å². The predicted octanol–water partition coefficient (Wildman–Crippen LogP) is 17.9. The monoisotopic (exact) mass is 845 g/mol. The molecule has 3 heteroatoms. The van der Waals surface area contributed by atoms with E-state index in [0.29, 0.717) is 0 Å². The van der Waals surface area contributed by atoms with E-state index >= 15 is 0 Å². The van der Waals surface area contributed by atoms with Crippen LogP contribution in [-0.2, 0) is 5.41 Å². The van der Waals surface area contributed by atoms with Crippen LogP contribution in [0.2, 0.25) is 0 Å². The van der Waals surface area contributed by atoms with Crippen LogP contribution in [0.25, 0.3) is 99.5 Å². The van der Waals surface area contributed by atoms with Crippen molar-refractivity contribution in [1.29, 1.82) is 0 Å². The minimum atomic E-state index is -0.386. The first-order valence-electron chi connectivity index (χ1n) is 22.7. The van der Waals surface area contributed by atoms with E-state index < -0.39 is 0 Å². The van der Waals surface area contributed by atoms with E-state index in [1.54, 1.807) is 0 Å². The molecule has 2 heterocycles. The molecule has 12 aromatic rings. The summed E-state index contributed by atoms with van der Waals surface area (Å²) < 4.78 is 13.5. The highest BCUT2D eigenvalue weighted by Crippen LogP contribution is 2.56. The molecular formula is C63H43NO2. The summed E-state index contributed by atoms with van der Waals surface area (Å²) >= 11 is 0. The number of nitrogens with zero attached hydrogens (tertiary/aromatic N) is 1. The SMILES string of the molecule is CC1(C)c2cc(N(c3ccc(-c4ccccc4)cc3)c3cccc(-c4ccccc4)c3)ccc2-c2cc(-c3cccc4c3oc3ccccc34)cc(-c3cccc4c3oc3ccccc34)c21. The minimum absolute atomic E-state index is 0.386. The van der Waals surface area contributed by atoms with Gasteiger partial charge in [-0.15, -0.1) is 0 Å². The van der Waals surface area contributed by atoms with E-state index in [9.17, 15) is 0 Å². The molecule has 0 atom stereocenters. The minimum Gasteiger partial charge on any atom is -0.455 e. The van der Waals surface area contributed by atoms with Gasteiger partial charge in [-0.1, -0.05) is 178 Å². The molecule has 1 aliphatic carbocycles. The second-order valence-electron chi connectivity index (χ2n) is 18.0.